The van der Waals surface area contributed by atoms with Crippen molar-refractivity contribution in [3.05, 3.63) is 51.0 Å². The minimum absolute atomic E-state index is 0.0255. The van der Waals surface area contributed by atoms with Crippen molar-refractivity contribution >= 4 is 40.8 Å². The zero-order chi connectivity index (χ0) is 14.2. The van der Waals surface area contributed by atoms with Crippen LogP contribution in [0.25, 0.3) is 11.1 Å². The average molecular weight is 318 g/mol. The molecule has 0 heterocycles. The van der Waals surface area contributed by atoms with Crippen molar-refractivity contribution in [3.63, 3.8) is 0 Å². The Kier molecular flexibility index (Phi) is 3.90. The van der Waals surface area contributed by atoms with Crippen LogP contribution in [0.15, 0.2) is 30.3 Å². The van der Waals surface area contributed by atoms with Crippen molar-refractivity contribution < 1.29 is 15.0 Å². The second-order valence-corrected chi connectivity index (χ2v) is 5.03. The van der Waals surface area contributed by atoms with Crippen molar-refractivity contribution in [1.29, 1.82) is 0 Å². The maximum absolute atomic E-state index is 10.8. The first kappa shape index (κ1) is 14.0. The fraction of sp³-hybridized carbons (Fsp3) is 0. The topological polar surface area (TPSA) is 57.5 Å². The van der Waals surface area contributed by atoms with E-state index in [-0.39, 0.29) is 21.4 Å². The van der Waals surface area contributed by atoms with Crippen LogP contribution in [0.5, 0.6) is 5.75 Å². The number of carboxylic acid groups (broad SMARTS) is 1. The summed E-state index contributed by atoms with van der Waals surface area (Å²) >= 11 is 17.9. The monoisotopic (exact) mass is 316 g/mol. The summed E-state index contributed by atoms with van der Waals surface area (Å²) in [4.78, 5) is 10.8. The van der Waals surface area contributed by atoms with Gasteiger partial charge in [-0.1, -0.05) is 34.8 Å². The molecule has 2 N–H and O–H groups in total. The molecule has 0 atom stereocenters. The van der Waals surface area contributed by atoms with Gasteiger partial charge >= 0.3 is 5.97 Å². The van der Waals surface area contributed by atoms with Crippen LogP contribution in [-0.2, 0) is 0 Å². The number of hydrogen-bond donors (Lipinski definition) is 2. The maximum Gasteiger partial charge on any atom is 0.335 e. The predicted molar refractivity (Wildman–Crippen MR) is 75.5 cm³/mol. The Balaban J connectivity index is 2.63. The molecule has 0 fully saturated rings. The van der Waals surface area contributed by atoms with Crippen molar-refractivity contribution in [2.45, 2.75) is 0 Å². The van der Waals surface area contributed by atoms with Crippen molar-refractivity contribution in [3.8, 4) is 16.9 Å². The van der Waals surface area contributed by atoms with E-state index in [2.05, 4.69) is 0 Å². The molecular formula is C13H7Cl3O3. The fourth-order valence-corrected chi connectivity index (χ4v) is 2.70. The van der Waals surface area contributed by atoms with E-state index in [0.29, 0.717) is 16.1 Å². The molecule has 3 nitrogen and oxygen atoms in total. The molecule has 2 aromatic rings. The Morgan fingerprint density at radius 2 is 1.58 bits per heavy atom. The van der Waals surface area contributed by atoms with E-state index in [1.165, 1.54) is 24.3 Å². The number of rotatable bonds is 2. The third-order valence-electron chi connectivity index (χ3n) is 2.52. The molecule has 0 bridgehead atoms. The van der Waals surface area contributed by atoms with E-state index < -0.39 is 5.97 Å². The Hall–Kier alpha value is -1.42. The number of phenolic OH excluding ortho intramolecular Hbond substituents is 1. The van der Waals surface area contributed by atoms with Crippen LogP contribution in [0, 0.1) is 0 Å². The second-order valence-electron chi connectivity index (χ2n) is 3.78. The molecule has 6 heteroatoms. The molecule has 0 spiro atoms. The fourth-order valence-electron chi connectivity index (χ4n) is 1.68. The highest BCUT2D eigenvalue weighted by molar-refractivity contribution is 6.41. The van der Waals surface area contributed by atoms with E-state index in [1.807, 2.05) is 0 Å². The average Bonchev–Trinajstić information content (AvgIpc) is 2.29. The molecule has 0 saturated heterocycles. The first-order valence-electron chi connectivity index (χ1n) is 5.11. The number of aromatic carboxylic acids is 1. The summed E-state index contributed by atoms with van der Waals surface area (Å²) in [5.41, 5.74) is 0.723. The van der Waals surface area contributed by atoms with Crippen molar-refractivity contribution in [2.75, 3.05) is 0 Å². The van der Waals surface area contributed by atoms with Gasteiger partial charge in [-0.25, -0.2) is 4.79 Å². The number of halogens is 3. The molecular weight excluding hydrogens is 310 g/mol. The molecule has 0 amide bonds. The van der Waals surface area contributed by atoms with Gasteiger partial charge in [0.2, 0.25) is 0 Å². The normalized spacial score (nSPS) is 10.5. The van der Waals surface area contributed by atoms with Gasteiger partial charge in [-0.3, -0.25) is 0 Å². The quantitative estimate of drug-likeness (QED) is 0.842. The number of hydrogen-bond acceptors (Lipinski definition) is 2. The Morgan fingerprint density at radius 1 is 1.00 bits per heavy atom. The minimum Gasteiger partial charge on any atom is -0.507 e. The number of carbonyl (C=O) groups is 1. The molecule has 19 heavy (non-hydrogen) atoms. The van der Waals surface area contributed by atoms with E-state index in [1.54, 1.807) is 0 Å². The van der Waals surface area contributed by atoms with E-state index in [0.717, 1.165) is 6.07 Å². The second kappa shape index (κ2) is 5.29. The van der Waals surface area contributed by atoms with Gasteiger partial charge in [-0.05, 0) is 30.3 Å². The summed E-state index contributed by atoms with van der Waals surface area (Å²) in [5, 5.41) is 19.7. The molecule has 0 unspecified atom stereocenters. The van der Waals surface area contributed by atoms with Crippen molar-refractivity contribution in [2.24, 2.45) is 0 Å². The Morgan fingerprint density at radius 3 is 2.05 bits per heavy atom. The summed E-state index contributed by atoms with van der Waals surface area (Å²) in [7, 11) is 0. The van der Waals surface area contributed by atoms with Gasteiger partial charge in [0.25, 0.3) is 0 Å². The highest BCUT2D eigenvalue weighted by Gasteiger charge is 2.15. The van der Waals surface area contributed by atoms with Crippen LogP contribution in [0.1, 0.15) is 10.4 Å². The van der Waals surface area contributed by atoms with Gasteiger partial charge in [-0.15, -0.1) is 0 Å². The standard InChI is InChI=1S/C13H7Cl3O3/c14-7-4-9(15)12(10(16)5-7)8-2-1-6(13(18)19)3-11(8)17/h1-5,17H,(H,18,19). The molecule has 0 radical (unpaired) electrons. The van der Waals surface area contributed by atoms with Gasteiger partial charge in [-0.2, -0.15) is 0 Å². The molecule has 0 aromatic heterocycles. The number of carboxylic acids is 1. The van der Waals surface area contributed by atoms with Crippen LogP contribution in [0.2, 0.25) is 15.1 Å². The van der Waals surface area contributed by atoms with Gasteiger partial charge in [0, 0.05) is 16.1 Å². The number of aromatic hydroxyl groups is 1. The van der Waals surface area contributed by atoms with E-state index >= 15 is 0 Å². The lowest BCUT2D eigenvalue weighted by Crippen LogP contribution is -1.96. The van der Waals surface area contributed by atoms with Crippen LogP contribution in [0.3, 0.4) is 0 Å². The number of benzene rings is 2. The van der Waals surface area contributed by atoms with Crippen LogP contribution in [0.4, 0.5) is 0 Å². The first-order chi connectivity index (χ1) is 8.90. The lowest BCUT2D eigenvalue weighted by molar-refractivity contribution is 0.0696. The zero-order valence-electron chi connectivity index (χ0n) is 9.32. The maximum atomic E-state index is 10.8. The number of phenols is 1. The summed E-state index contributed by atoms with van der Waals surface area (Å²) < 4.78 is 0. The molecule has 0 aliphatic heterocycles. The van der Waals surface area contributed by atoms with Gasteiger partial charge in [0.05, 0.1) is 15.6 Å². The lowest BCUT2D eigenvalue weighted by Gasteiger charge is -2.10. The third kappa shape index (κ3) is 2.78. The summed E-state index contributed by atoms with van der Waals surface area (Å²) in [5.74, 6) is -1.35. The zero-order valence-corrected chi connectivity index (χ0v) is 11.6. The molecule has 2 rings (SSSR count). The van der Waals surface area contributed by atoms with Crippen LogP contribution in [-0.4, -0.2) is 16.2 Å². The summed E-state index contributed by atoms with van der Waals surface area (Å²) in [6.45, 7) is 0. The third-order valence-corrected chi connectivity index (χ3v) is 3.34. The Labute approximate surface area is 124 Å². The molecule has 2 aromatic carbocycles. The summed E-state index contributed by atoms with van der Waals surface area (Å²) in [6.07, 6.45) is 0. The van der Waals surface area contributed by atoms with Gasteiger partial charge < -0.3 is 10.2 Å². The largest absolute Gasteiger partial charge is 0.507 e. The molecule has 0 saturated carbocycles. The smallest absolute Gasteiger partial charge is 0.335 e. The predicted octanol–water partition coefficient (Wildman–Crippen LogP) is 4.72. The Bertz CT molecular complexity index is 645. The molecule has 98 valence electrons. The highest BCUT2D eigenvalue weighted by atomic mass is 35.5. The lowest BCUT2D eigenvalue weighted by atomic mass is 10.0. The van der Waals surface area contributed by atoms with E-state index in [4.69, 9.17) is 39.9 Å². The van der Waals surface area contributed by atoms with Gasteiger partial charge in [0.15, 0.2) is 0 Å². The molecule has 0 aliphatic carbocycles. The van der Waals surface area contributed by atoms with Crippen LogP contribution >= 0.6 is 34.8 Å². The van der Waals surface area contributed by atoms with E-state index in [9.17, 15) is 9.90 Å². The first-order valence-corrected chi connectivity index (χ1v) is 6.24. The minimum atomic E-state index is -1.13. The highest BCUT2D eigenvalue weighted by Crippen LogP contribution is 2.41. The summed E-state index contributed by atoms with van der Waals surface area (Å²) in [6, 6.07) is 6.93. The van der Waals surface area contributed by atoms with Crippen molar-refractivity contribution in [1.82, 2.24) is 0 Å². The molecule has 0 aliphatic rings. The SMILES string of the molecule is O=C(O)c1ccc(-c2c(Cl)cc(Cl)cc2Cl)c(O)c1. The van der Waals surface area contributed by atoms with Gasteiger partial charge in [0.1, 0.15) is 5.75 Å². The van der Waals surface area contributed by atoms with Crippen LogP contribution < -0.4 is 0 Å².